The number of piperazine rings is 1. The molecule has 1 N–H and O–H groups in total. The molecule has 0 bridgehead atoms. The summed E-state index contributed by atoms with van der Waals surface area (Å²) < 4.78 is 5.16. The summed E-state index contributed by atoms with van der Waals surface area (Å²) in [4.78, 5) is 24.5. The van der Waals surface area contributed by atoms with Crippen LogP contribution in [-0.4, -0.2) is 58.6 Å². The standard InChI is InChI=1S/C22H26N4O2/c1-3-28-22(27)26-14-12-25(13-15-26)21(19-10-6-7-11-23-19)20-16(2)24-18-9-5-4-8-17(18)20/h4-11,21,24H,3,12-15H2,1-2H3/t21-/m1/s1. The zero-order valence-electron chi connectivity index (χ0n) is 16.4. The molecule has 6 nitrogen and oxygen atoms in total. The van der Waals surface area contributed by atoms with Crippen LogP contribution in [0.1, 0.15) is 29.9 Å². The highest BCUT2D eigenvalue weighted by Gasteiger charge is 2.31. The lowest BCUT2D eigenvalue weighted by molar-refractivity contribution is 0.0711. The number of pyridine rings is 1. The Balaban J connectivity index is 1.68. The van der Waals surface area contributed by atoms with Gasteiger partial charge in [0.25, 0.3) is 0 Å². The molecule has 2 aromatic heterocycles. The zero-order chi connectivity index (χ0) is 19.5. The van der Waals surface area contributed by atoms with Crippen molar-refractivity contribution in [2.24, 2.45) is 0 Å². The Morgan fingerprint density at radius 2 is 1.89 bits per heavy atom. The molecule has 0 aliphatic carbocycles. The molecule has 1 aromatic carbocycles. The third-order valence-corrected chi connectivity index (χ3v) is 5.39. The first-order chi connectivity index (χ1) is 13.7. The molecule has 1 saturated heterocycles. The number of rotatable bonds is 4. The van der Waals surface area contributed by atoms with Gasteiger partial charge in [-0.25, -0.2) is 4.79 Å². The van der Waals surface area contributed by atoms with Crippen molar-refractivity contribution >= 4 is 17.0 Å². The van der Waals surface area contributed by atoms with Crippen molar-refractivity contribution in [1.82, 2.24) is 19.8 Å². The van der Waals surface area contributed by atoms with E-state index in [0.29, 0.717) is 19.7 Å². The lowest BCUT2D eigenvalue weighted by Gasteiger charge is -2.38. The smallest absolute Gasteiger partial charge is 0.409 e. The van der Waals surface area contributed by atoms with E-state index in [-0.39, 0.29) is 12.1 Å². The molecule has 1 aliphatic heterocycles. The van der Waals surface area contributed by atoms with Gasteiger partial charge in [-0.3, -0.25) is 9.88 Å². The molecule has 1 amide bonds. The molecule has 1 atom stereocenters. The maximum atomic E-state index is 12.1. The van der Waals surface area contributed by atoms with Crippen LogP contribution < -0.4 is 0 Å². The van der Waals surface area contributed by atoms with E-state index < -0.39 is 0 Å². The first kappa shape index (κ1) is 18.5. The van der Waals surface area contributed by atoms with Gasteiger partial charge in [0.05, 0.1) is 18.3 Å². The van der Waals surface area contributed by atoms with E-state index in [1.165, 1.54) is 10.9 Å². The quantitative estimate of drug-likeness (QED) is 0.751. The topological polar surface area (TPSA) is 61.5 Å². The molecule has 28 heavy (non-hydrogen) atoms. The van der Waals surface area contributed by atoms with Crippen molar-refractivity contribution < 1.29 is 9.53 Å². The van der Waals surface area contributed by atoms with Gasteiger partial charge in [0.2, 0.25) is 0 Å². The first-order valence-electron chi connectivity index (χ1n) is 9.83. The minimum absolute atomic E-state index is 0.0432. The second-order valence-electron chi connectivity index (χ2n) is 7.09. The fourth-order valence-corrected chi connectivity index (χ4v) is 4.08. The highest BCUT2D eigenvalue weighted by molar-refractivity contribution is 5.85. The van der Waals surface area contributed by atoms with Gasteiger partial charge in [0.1, 0.15) is 0 Å². The number of nitrogens with zero attached hydrogens (tertiary/aromatic N) is 3. The molecule has 146 valence electrons. The van der Waals surface area contributed by atoms with Crippen LogP contribution in [0.2, 0.25) is 0 Å². The maximum absolute atomic E-state index is 12.1. The average Bonchev–Trinajstić information content (AvgIpc) is 3.06. The van der Waals surface area contributed by atoms with Crippen LogP contribution in [0.25, 0.3) is 10.9 Å². The lowest BCUT2D eigenvalue weighted by atomic mass is 9.97. The molecular weight excluding hydrogens is 352 g/mol. The summed E-state index contributed by atoms with van der Waals surface area (Å²) in [6.07, 6.45) is 1.63. The number of aryl methyl sites for hydroxylation is 1. The van der Waals surface area contributed by atoms with Crippen LogP contribution in [-0.2, 0) is 4.74 Å². The second-order valence-corrected chi connectivity index (χ2v) is 7.09. The van der Waals surface area contributed by atoms with Crippen LogP contribution in [0.15, 0.2) is 48.7 Å². The fraction of sp³-hybridized carbons (Fsp3) is 0.364. The number of nitrogens with one attached hydrogen (secondary N) is 1. The molecule has 6 heteroatoms. The van der Waals surface area contributed by atoms with E-state index in [9.17, 15) is 4.79 Å². The number of carbonyl (C=O) groups is 1. The van der Waals surface area contributed by atoms with Crippen LogP contribution in [0.5, 0.6) is 0 Å². The molecule has 0 saturated carbocycles. The van der Waals surface area contributed by atoms with Gasteiger partial charge >= 0.3 is 6.09 Å². The van der Waals surface area contributed by atoms with Crippen LogP contribution in [0, 0.1) is 6.92 Å². The fourth-order valence-electron chi connectivity index (χ4n) is 4.08. The molecule has 0 unspecified atom stereocenters. The number of hydrogen-bond acceptors (Lipinski definition) is 4. The molecule has 1 aliphatic rings. The molecule has 0 spiro atoms. The Morgan fingerprint density at radius 1 is 1.14 bits per heavy atom. The number of H-pyrrole nitrogens is 1. The number of carbonyl (C=O) groups excluding carboxylic acids is 1. The summed E-state index contributed by atoms with van der Waals surface area (Å²) in [6.45, 7) is 7.24. The van der Waals surface area contributed by atoms with Crippen molar-refractivity contribution in [3.05, 3.63) is 65.6 Å². The van der Waals surface area contributed by atoms with Crippen LogP contribution in [0.3, 0.4) is 0 Å². The third-order valence-electron chi connectivity index (χ3n) is 5.39. The number of amides is 1. The Labute approximate surface area is 165 Å². The van der Waals surface area contributed by atoms with E-state index >= 15 is 0 Å². The minimum Gasteiger partial charge on any atom is -0.450 e. The van der Waals surface area contributed by atoms with Gasteiger partial charge in [0.15, 0.2) is 0 Å². The summed E-state index contributed by atoms with van der Waals surface area (Å²) in [5.41, 5.74) is 4.59. The summed E-state index contributed by atoms with van der Waals surface area (Å²) in [7, 11) is 0. The van der Waals surface area contributed by atoms with Crippen LogP contribution >= 0.6 is 0 Å². The number of ether oxygens (including phenoxy) is 1. The van der Waals surface area contributed by atoms with E-state index in [0.717, 1.165) is 30.0 Å². The van der Waals surface area contributed by atoms with Crippen molar-refractivity contribution in [1.29, 1.82) is 0 Å². The number of benzene rings is 1. The molecule has 3 heterocycles. The van der Waals surface area contributed by atoms with Crippen LogP contribution in [0.4, 0.5) is 4.79 Å². The van der Waals surface area contributed by atoms with Crippen molar-refractivity contribution in [2.75, 3.05) is 32.8 Å². The predicted octanol–water partition coefficient (Wildman–Crippen LogP) is 3.73. The normalized spacial score (nSPS) is 16.3. The maximum Gasteiger partial charge on any atom is 0.409 e. The molecular formula is C22H26N4O2. The van der Waals surface area contributed by atoms with Gasteiger partial charge < -0.3 is 14.6 Å². The minimum atomic E-state index is -0.222. The zero-order valence-corrected chi connectivity index (χ0v) is 16.4. The first-order valence-corrected chi connectivity index (χ1v) is 9.83. The summed E-state index contributed by atoms with van der Waals surface area (Å²) in [5.74, 6) is 0. The summed E-state index contributed by atoms with van der Waals surface area (Å²) >= 11 is 0. The van der Waals surface area contributed by atoms with Gasteiger partial charge in [-0.1, -0.05) is 24.3 Å². The summed E-state index contributed by atoms with van der Waals surface area (Å²) in [6, 6.07) is 14.5. The Morgan fingerprint density at radius 3 is 2.61 bits per heavy atom. The van der Waals surface area contributed by atoms with Gasteiger partial charge in [0, 0.05) is 54.5 Å². The number of aromatic nitrogens is 2. The third kappa shape index (κ3) is 3.47. The molecule has 3 aromatic rings. The highest BCUT2D eigenvalue weighted by atomic mass is 16.6. The average molecular weight is 378 g/mol. The van der Waals surface area contributed by atoms with Gasteiger partial charge in [-0.2, -0.15) is 0 Å². The van der Waals surface area contributed by atoms with Crippen molar-refractivity contribution in [2.45, 2.75) is 19.9 Å². The van der Waals surface area contributed by atoms with Gasteiger partial charge in [-0.15, -0.1) is 0 Å². The Bertz CT molecular complexity index is 946. The predicted molar refractivity (Wildman–Crippen MR) is 109 cm³/mol. The molecule has 1 fully saturated rings. The Kier molecular flexibility index (Phi) is 5.30. The Hall–Kier alpha value is -2.86. The monoisotopic (exact) mass is 378 g/mol. The lowest BCUT2D eigenvalue weighted by Crippen LogP contribution is -2.50. The molecule has 4 rings (SSSR count). The molecule has 0 radical (unpaired) electrons. The second kappa shape index (κ2) is 8.02. The summed E-state index contributed by atoms with van der Waals surface area (Å²) in [5, 5.41) is 1.23. The number of fused-ring (bicyclic) bond motifs is 1. The van der Waals surface area contributed by atoms with E-state index in [4.69, 9.17) is 4.74 Å². The SMILES string of the molecule is CCOC(=O)N1CCN([C@H](c2ccccn2)c2c(C)[nH]c3ccccc23)CC1. The number of para-hydroxylation sites is 1. The number of hydrogen-bond donors (Lipinski definition) is 1. The van der Waals surface area contributed by atoms with Crippen molar-refractivity contribution in [3.8, 4) is 0 Å². The van der Waals surface area contributed by atoms with Crippen molar-refractivity contribution in [3.63, 3.8) is 0 Å². The largest absolute Gasteiger partial charge is 0.450 e. The van der Waals surface area contributed by atoms with E-state index in [1.807, 2.05) is 25.3 Å². The highest BCUT2D eigenvalue weighted by Crippen LogP contribution is 2.35. The van der Waals surface area contributed by atoms with E-state index in [1.54, 1.807) is 4.90 Å². The van der Waals surface area contributed by atoms with Gasteiger partial charge in [-0.05, 0) is 32.0 Å². The van der Waals surface area contributed by atoms with E-state index in [2.05, 4.69) is 52.1 Å². The number of aromatic amines is 1.